The van der Waals surface area contributed by atoms with Crippen LogP contribution in [0.4, 0.5) is 5.69 Å². The van der Waals surface area contributed by atoms with Gasteiger partial charge >= 0.3 is 0 Å². The largest absolute Gasteiger partial charge is 0.497 e. The van der Waals surface area contributed by atoms with Crippen LogP contribution in [0.3, 0.4) is 0 Å². The molecule has 0 unspecified atom stereocenters. The van der Waals surface area contributed by atoms with Gasteiger partial charge < -0.3 is 24.8 Å². The van der Waals surface area contributed by atoms with Crippen LogP contribution in [0.1, 0.15) is 31.9 Å². The van der Waals surface area contributed by atoms with E-state index in [1.165, 1.54) is 5.56 Å². The second-order valence-electron chi connectivity index (χ2n) is 6.62. The lowest BCUT2D eigenvalue weighted by atomic mass is 9.97. The summed E-state index contributed by atoms with van der Waals surface area (Å²) in [4.78, 5) is 0. The molecule has 2 aromatic rings. The Labute approximate surface area is 159 Å². The third-order valence-electron chi connectivity index (χ3n) is 4.16. The highest BCUT2D eigenvalue weighted by Crippen LogP contribution is 2.34. The quantitative estimate of drug-likeness (QED) is 0.728. The molecule has 2 N–H and O–H groups in total. The van der Waals surface area contributed by atoms with Crippen LogP contribution in [0.5, 0.6) is 17.2 Å². The van der Waals surface area contributed by atoms with Crippen LogP contribution in [0.15, 0.2) is 42.5 Å². The molecule has 3 rings (SSSR count). The van der Waals surface area contributed by atoms with Gasteiger partial charge in [-0.3, -0.25) is 0 Å². The van der Waals surface area contributed by atoms with Crippen molar-refractivity contribution >= 4 is 23.0 Å². The molecule has 1 atom stereocenters. The van der Waals surface area contributed by atoms with Crippen molar-refractivity contribution in [2.24, 2.45) is 5.92 Å². The van der Waals surface area contributed by atoms with E-state index in [9.17, 15) is 0 Å². The Balaban J connectivity index is 1.68. The van der Waals surface area contributed by atoms with Crippen molar-refractivity contribution in [1.29, 1.82) is 0 Å². The molecule has 1 aliphatic heterocycles. The summed E-state index contributed by atoms with van der Waals surface area (Å²) in [7, 11) is 1.67. The second-order valence-corrected chi connectivity index (χ2v) is 7.03. The van der Waals surface area contributed by atoms with Gasteiger partial charge in [-0.1, -0.05) is 26.0 Å². The number of hydrogen-bond donors (Lipinski definition) is 2. The van der Waals surface area contributed by atoms with Gasteiger partial charge in [-0.05, 0) is 54.4 Å². The second kappa shape index (κ2) is 8.27. The van der Waals surface area contributed by atoms with Gasteiger partial charge in [0.05, 0.1) is 13.2 Å². The van der Waals surface area contributed by atoms with E-state index in [1.807, 2.05) is 30.3 Å². The van der Waals surface area contributed by atoms with Crippen molar-refractivity contribution in [2.75, 3.05) is 19.2 Å². The first-order valence-corrected chi connectivity index (χ1v) is 9.07. The van der Waals surface area contributed by atoms with Gasteiger partial charge in [0.25, 0.3) is 0 Å². The first-order chi connectivity index (χ1) is 12.5. The van der Waals surface area contributed by atoms with Crippen LogP contribution in [0, 0.1) is 5.92 Å². The lowest BCUT2D eigenvalue weighted by Crippen LogP contribution is -2.33. The molecule has 0 bridgehead atoms. The zero-order valence-electron chi connectivity index (χ0n) is 15.2. The molecule has 138 valence electrons. The maximum absolute atomic E-state index is 5.52. The summed E-state index contributed by atoms with van der Waals surface area (Å²) in [5.41, 5.74) is 2.04. The molecule has 0 aromatic heterocycles. The van der Waals surface area contributed by atoms with Crippen molar-refractivity contribution < 1.29 is 14.2 Å². The highest BCUT2D eigenvalue weighted by molar-refractivity contribution is 7.80. The average molecular weight is 372 g/mol. The molecule has 0 amide bonds. The Kier molecular flexibility index (Phi) is 5.83. The molecule has 2 aromatic carbocycles. The number of fused-ring (bicyclic) bond motifs is 1. The summed E-state index contributed by atoms with van der Waals surface area (Å²) in [6.45, 7) is 4.66. The van der Waals surface area contributed by atoms with Gasteiger partial charge in [-0.2, -0.15) is 0 Å². The lowest BCUT2D eigenvalue weighted by molar-refractivity contribution is 0.174. The number of nitrogens with one attached hydrogen (secondary N) is 2. The maximum Gasteiger partial charge on any atom is 0.231 e. The van der Waals surface area contributed by atoms with E-state index < -0.39 is 0 Å². The lowest BCUT2D eigenvalue weighted by Gasteiger charge is -2.23. The van der Waals surface area contributed by atoms with Gasteiger partial charge in [-0.15, -0.1) is 0 Å². The Morgan fingerprint density at radius 1 is 1.12 bits per heavy atom. The van der Waals surface area contributed by atoms with E-state index in [1.54, 1.807) is 7.11 Å². The van der Waals surface area contributed by atoms with Crippen LogP contribution in [0.2, 0.25) is 0 Å². The Bertz CT molecular complexity index is 762. The number of benzene rings is 2. The minimum absolute atomic E-state index is 0.120. The normalized spacial score (nSPS) is 13.4. The van der Waals surface area contributed by atoms with Crippen LogP contribution >= 0.6 is 12.2 Å². The molecular formula is C20H24N2O3S. The molecule has 0 radical (unpaired) electrons. The van der Waals surface area contributed by atoms with Gasteiger partial charge in [0.15, 0.2) is 16.6 Å². The van der Waals surface area contributed by atoms with Gasteiger partial charge in [0.1, 0.15) is 5.75 Å². The molecule has 26 heavy (non-hydrogen) atoms. The molecule has 1 heterocycles. The van der Waals surface area contributed by atoms with Gasteiger partial charge in [0, 0.05) is 11.8 Å². The van der Waals surface area contributed by atoms with E-state index in [-0.39, 0.29) is 12.8 Å². The zero-order chi connectivity index (χ0) is 18.5. The highest BCUT2D eigenvalue weighted by atomic mass is 32.1. The van der Waals surface area contributed by atoms with Crippen LogP contribution < -0.4 is 24.8 Å². The third-order valence-corrected chi connectivity index (χ3v) is 4.38. The monoisotopic (exact) mass is 372 g/mol. The topological polar surface area (TPSA) is 51.8 Å². The van der Waals surface area contributed by atoms with E-state index >= 15 is 0 Å². The Morgan fingerprint density at radius 2 is 1.85 bits per heavy atom. The molecule has 6 heteroatoms. The van der Waals surface area contributed by atoms with E-state index in [4.69, 9.17) is 26.4 Å². The molecule has 0 spiro atoms. The molecule has 5 nitrogen and oxygen atoms in total. The minimum Gasteiger partial charge on any atom is -0.497 e. The number of anilines is 1. The summed E-state index contributed by atoms with van der Waals surface area (Å²) >= 11 is 5.52. The highest BCUT2D eigenvalue weighted by Gasteiger charge is 2.17. The molecular weight excluding hydrogens is 348 g/mol. The fourth-order valence-electron chi connectivity index (χ4n) is 2.89. The maximum atomic E-state index is 5.52. The fourth-order valence-corrected chi connectivity index (χ4v) is 3.15. The molecule has 0 fully saturated rings. The van der Waals surface area contributed by atoms with E-state index in [0.29, 0.717) is 11.0 Å². The van der Waals surface area contributed by atoms with Crippen LogP contribution in [-0.4, -0.2) is 19.0 Å². The van der Waals surface area contributed by atoms with Crippen molar-refractivity contribution in [2.45, 2.75) is 26.3 Å². The number of thiocarbonyl (C=S) groups is 1. The molecule has 0 saturated carbocycles. The summed E-state index contributed by atoms with van der Waals surface area (Å²) in [5, 5.41) is 7.23. The predicted octanol–water partition coefficient (Wildman–Crippen LogP) is 4.50. The number of methoxy groups -OCH3 is 1. The number of ether oxygens (including phenoxy) is 3. The molecule has 0 aliphatic carbocycles. The first-order valence-electron chi connectivity index (χ1n) is 8.66. The predicted molar refractivity (Wildman–Crippen MR) is 107 cm³/mol. The summed E-state index contributed by atoms with van der Waals surface area (Å²) in [6, 6.07) is 13.9. The Morgan fingerprint density at radius 3 is 2.54 bits per heavy atom. The van der Waals surface area contributed by atoms with Crippen molar-refractivity contribution in [3.63, 3.8) is 0 Å². The standard InChI is InChI=1S/C20H24N2O3S/c1-13(2)10-17(14-4-7-16(23-3)8-5-14)22-20(26)21-15-6-9-18-19(11-15)25-12-24-18/h4-9,11,13,17H,10,12H2,1-3H3,(H2,21,22,26)/t17-/m0/s1. The van der Waals surface area contributed by atoms with Crippen molar-refractivity contribution in [3.05, 3.63) is 48.0 Å². The van der Waals surface area contributed by atoms with Crippen LogP contribution in [-0.2, 0) is 0 Å². The van der Waals surface area contributed by atoms with Crippen LogP contribution in [0.25, 0.3) is 0 Å². The number of hydrogen-bond acceptors (Lipinski definition) is 4. The zero-order valence-corrected chi connectivity index (χ0v) is 16.1. The van der Waals surface area contributed by atoms with Gasteiger partial charge in [0.2, 0.25) is 6.79 Å². The van der Waals surface area contributed by atoms with Crippen molar-refractivity contribution in [1.82, 2.24) is 5.32 Å². The SMILES string of the molecule is COc1ccc([C@H](CC(C)C)NC(=S)Nc2ccc3c(c2)OCO3)cc1. The van der Waals surface area contributed by atoms with Crippen molar-refractivity contribution in [3.8, 4) is 17.2 Å². The summed E-state index contributed by atoms with van der Waals surface area (Å²) < 4.78 is 16.0. The molecule has 1 aliphatic rings. The smallest absolute Gasteiger partial charge is 0.231 e. The fraction of sp³-hybridized carbons (Fsp3) is 0.350. The summed E-state index contributed by atoms with van der Waals surface area (Å²) in [5.74, 6) is 2.86. The average Bonchev–Trinajstić information content (AvgIpc) is 3.08. The van der Waals surface area contributed by atoms with Gasteiger partial charge in [-0.25, -0.2) is 0 Å². The van der Waals surface area contributed by atoms with E-state index in [2.05, 4.69) is 36.6 Å². The minimum atomic E-state index is 0.120. The first kappa shape index (κ1) is 18.3. The van der Waals surface area contributed by atoms with E-state index in [0.717, 1.165) is 29.4 Å². The Hall–Kier alpha value is -2.47. The summed E-state index contributed by atoms with van der Waals surface area (Å²) in [6.07, 6.45) is 0.968. The third kappa shape index (κ3) is 4.58. The number of rotatable bonds is 6. The molecule has 0 saturated heterocycles.